The highest BCUT2D eigenvalue weighted by molar-refractivity contribution is 7.99. The molecule has 2 heterocycles. The largest absolute Gasteiger partial charge is 0.448 e. The predicted molar refractivity (Wildman–Crippen MR) is 73.0 cm³/mol. The summed E-state index contributed by atoms with van der Waals surface area (Å²) in [6.45, 7) is 0. The van der Waals surface area contributed by atoms with Crippen LogP contribution in [0.1, 0.15) is 12.2 Å². The molecule has 0 bridgehead atoms. The van der Waals surface area contributed by atoms with E-state index < -0.39 is 5.91 Å². The highest BCUT2D eigenvalue weighted by Crippen LogP contribution is 2.26. The molecule has 7 heteroatoms. The fourth-order valence-electron chi connectivity index (χ4n) is 1.25. The molecule has 20 heavy (non-hydrogen) atoms. The molecule has 2 aromatic heterocycles. The Kier molecular flexibility index (Phi) is 4.92. The van der Waals surface area contributed by atoms with Crippen molar-refractivity contribution in [2.75, 3.05) is 0 Å². The van der Waals surface area contributed by atoms with E-state index in [1.165, 1.54) is 18.0 Å². The lowest BCUT2D eigenvalue weighted by atomic mass is 10.5. The lowest BCUT2D eigenvalue weighted by molar-refractivity contribution is -0.120. The van der Waals surface area contributed by atoms with E-state index in [2.05, 4.69) is 15.5 Å². The molecule has 0 unspecified atom stereocenters. The summed E-state index contributed by atoms with van der Waals surface area (Å²) in [6, 6.07) is 10.9. The summed E-state index contributed by atoms with van der Waals surface area (Å²) in [5, 5.41) is 13.5. The van der Waals surface area contributed by atoms with E-state index in [9.17, 15) is 4.79 Å². The highest BCUT2D eigenvalue weighted by atomic mass is 32.2. The molecule has 0 saturated carbocycles. The number of nitriles is 1. The van der Waals surface area contributed by atoms with Crippen molar-refractivity contribution in [3.8, 4) is 6.07 Å². The lowest BCUT2D eigenvalue weighted by Gasteiger charge is -1.95. The molecule has 0 saturated heterocycles. The van der Waals surface area contributed by atoms with Crippen molar-refractivity contribution >= 4 is 23.9 Å². The minimum absolute atomic E-state index is 0.226. The standard InChI is InChI=1S/C13H10N4O2S/c14-7-6-11(18)17-16-9-10-4-5-13(19-10)20-12-3-1-2-8-15-12/h1-5,8-9H,6H2,(H,17,18)/b16-9+. The molecule has 6 nitrogen and oxygen atoms in total. The number of furan rings is 1. The first-order valence-electron chi connectivity index (χ1n) is 5.65. The maximum atomic E-state index is 11.0. The van der Waals surface area contributed by atoms with Gasteiger partial charge in [-0.1, -0.05) is 6.07 Å². The van der Waals surface area contributed by atoms with Gasteiger partial charge in [-0.3, -0.25) is 4.79 Å². The van der Waals surface area contributed by atoms with Gasteiger partial charge in [-0.15, -0.1) is 0 Å². The van der Waals surface area contributed by atoms with Crippen molar-refractivity contribution in [3.05, 3.63) is 42.3 Å². The maximum absolute atomic E-state index is 11.0. The van der Waals surface area contributed by atoms with Gasteiger partial charge in [0.2, 0.25) is 0 Å². The van der Waals surface area contributed by atoms with Crippen molar-refractivity contribution in [1.82, 2.24) is 10.4 Å². The molecule has 0 fully saturated rings. The normalized spacial score (nSPS) is 10.3. The number of hydrogen-bond acceptors (Lipinski definition) is 6. The molecule has 0 radical (unpaired) electrons. The van der Waals surface area contributed by atoms with Crippen molar-refractivity contribution in [1.29, 1.82) is 5.26 Å². The van der Waals surface area contributed by atoms with Crippen LogP contribution in [0, 0.1) is 11.3 Å². The summed E-state index contributed by atoms with van der Waals surface area (Å²) in [5.74, 6) is 0.0408. The Morgan fingerprint density at radius 1 is 1.50 bits per heavy atom. The van der Waals surface area contributed by atoms with Crippen molar-refractivity contribution in [2.24, 2.45) is 5.10 Å². The number of nitrogens with zero attached hydrogens (tertiary/aromatic N) is 3. The van der Waals surface area contributed by atoms with E-state index in [1.807, 2.05) is 18.2 Å². The van der Waals surface area contributed by atoms with E-state index in [1.54, 1.807) is 24.4 Å². The fraction of sp³-hybridized carbons (Fsp3) is 0.0769. The molecule has 0 aliphatic rings. The highest BCUT2D eigenvalue weighted by Gasteiger charge is 2.03. The number of nitrogens with one attached hydrogen (secondary N) is 1. The molecular formula is C13H10N4O2S. The number of amides is 1. The van der Waals surface area contributed by atoms with Gasteiger partial charge in [-0.25, -0.2) is 10.4 Å². The van der Waals surface area contributed by atoms with Gasteiger partial charge in [0.05, 0.1) is 12.3 Å². The first-order valence-corrected chi connectivity index (χ1v) is 6.47. The first kappa shape index (κ1) is 13.8. The van der Waals surface area contributed by atoms with E-state index >= 15 is 0 Å². The number of carbonyl (C=O) groups excluding carboxylic acids is 1. The van der Waals surface area contributed by atoms with Crippen LogP contribution in [-0.2, 0) is 4.79 Å². The number of hydrazone groups is 1. The van der Waals surface area contributed by atoms with Gasteiger partial charge in [-0.05, 0) is 36.0 Å². The summed E-state index contributed by atoms with van der Waals surface area (Å²) >= 11 is 1.39. The second-order valence-corrected chi connectivity index (χ2v) is 4.58. The Bertz CT molecular complexity index is 646. The van der Waals surface area contributed by atoms with Crippen LogP contribution < -0.4 is 5.43 Å². The summed E-state index contributed by atoms with van der Waals surface area (Å²) in [4.78, 5) is 15.2. The van der Waals surface area contributed by atoms with Crippen LogP contribution in [0.3, 0.4) is 0 Å². The van der Waals surface area contributed by atoms with Gasteiger partial charge in [0.25, 0.3) is 5.91 Å². The Morgan fingerprint density at radius 2 is 2.40 bits per heavy atom. The van der Waals surface area contributed by atoms with Crippen LogP contribution in [0.5, 0.6) is 0 Å². The average molecular weight is 286 g/mol. The van der Waals surface area contributed by atoms with Gasteiger partial charge in [0.1, 0.15) is 17.2 Å². The third kappa shape index (κ3) is 4.26. The van der Waals surface area contributed by atoms with E-state index in [-0.39, 0.29) is 6.42 Å². The molecule has 2 rings (SSSR count). The summed E-state index contributed by atoms with van der Waals surface area (Å²) < 4.78 is 5.49. The van der Waals surface area contributed by atoms with E-state index in [0.29, 0.717) is 10.9 Å². The Morgan fingerprint density at radius 3 is 3.15 bits per heavy atom. The molecule has 0 aromatic carbocycles. The summed E-state index contributed by atoms with van der Waals surface area (Å²) in [5.41, 5.74) is 2.22. The van der Waals surface area contributed by atoms with Crippen LogP contribution >= 0.6 is 11.8 Å². The third-order valence-electron chi connectivity index (χ3n) is 2.07. The lowest BCUT2D eigenvalue weighted by Crippen LogP contribution is -2.15. The molecule has 0 spiro atoms. The van der Waals surface area contributed by atoms with Crippen LogP contribution in [0.15, 0.2) is 56.2 Å². The predicted octanol–water partition coefficient (Wildman–Crippen LogP) is 2.19. The molecule has 0 aliphatic heterocycles. The number of rotatable bonds is 5. The van der Waals surface area contributed by atoms with Crippen LogP contribution in [-0.4, -0.2) is 17.1 Å². The molecule has 0 atom stereocenters. The minimum atomic E-state index is -0.460. The zero-order valence-electron chi connectivity index (χ0n) is 10.3. The van der Waals surface area contributed by atoms with Gasteiger partial charge in [-0.2, -0.15) is 10.4 Å². The number of carbonyl (C=O) groups is 1. The van der Waals surface area contributed by atoms with E-state index in [4.69, 9.17) is 9.68 Å². The molecule has 1 amide bonds. The van der Waals surface area contributed by atoms with Crippen LogP contribution in [0.25, 0.3) is 0 Å². The fourth-order valence-corrected chi connectivity index (χ4v) is 1.99. The monoisotopic (exact) mass is 286 g/mol. The SMILES string of the molecule is N#CCC(=O)N/N=C/c1ccc(Sc2ccccn2)o1. The maximum Gasteiger partial charge on any atom is 0.254 e. The van der Waals surface area contributed by atoms with E-state index in [0.717, 1.165) is 5.03 Å². The van der Waals surface area contributed by atoms with Crippen molar-refractivity contribution in [3.63, 3.8) is 0 Å². The second kappa shape index (κ2) is 7.11. The summed E-state index contributed by atoms with van der Waals surface area (Å²) in [6.07, 6.45) is 2.85. The molecule has 2 aromatic rings. The molecular weight excluding hydrogens is 276 g/mol. The van der Waals surface area contributed by atoms with Crippen molar-refractivity contribution < 1.29 is 9.21 Å². The zero-order chi connectivity index (χ0) is 14.2. The number of pyridine rings is 1. The quantitative estimate of drug-likeness (QED) is 0.672. The van der Waals surface area contributed by atoms with Crippen molar-refractivity contribution in [2.45, 2.75) is 16.5 Å². The van der Waals surface area contributed by atoms with Crippen LogP contribution in [0.2, 0.25) is 0 Å². The minimum Gasteiger partial charge on any atom is -0.448 e. The Hall–Kier alpha value is -2.59. The molecule has 1 N–H and O–H groups in total. The molecule has 0 aliphatic carbocycles. The summed E-state index contributed by atoms with van der Waals surface area (Å²) in [7, 11) is 0. The third-order valence-corrected chi connectivity index (χ3v) is 2.94. The van der Waals surface area contributed by atoms with Gasteiger partial charge in [0, 0.05) is 6.20 Å². The second-order valence-electron chi connectivity index (χ2n) is 3.55. The van der Waals surface area contributed by atoms with Gasteiger partial charge < -0.3 is 4.42 Å². The number of hydrogen-bond donors (Lipinski definition) is 1. The molecule has 100 valence electrons. The number of aromatic nitrogens is 1. The average Bonchev–Trinajstić information content (AvgIpc) is 2.88. The van der Waals surface area contributed by atoms with Crippen LogP contribution in [0.4, 0.5) is 0 Å². The van der Waals surface area contributed by atoms with Gasteiger partial charge in [0.15, 0.2) is 5.09 Å². The van der Waals surface area contributed by atoms with Gasteiger partial charge >= 0.3 is 0 Å². The zero-order valence-corrected chi connectivity index (χ0v) is 11.1. The topological polar surface area (TPSA) is 91.3 Å². The Balaban J connectivity index is 1.91. The first-order chi connectivity index (χ1) is 9.78. The Labute approximate surface area is 119 Å². The smallest absolute Gasteiger partial charge is 0.254 e.